The van der Waals surface area contributed by atoms with Crippen molar-refractivity contribution < 1.29 is 0 Å². The minimum atomic E-state index is 0.510. The number of hydrogen-bond donors (Lipinski definition) is 1. The van der Waals surface area contributed by atoms with Crippen LogP contribution in [0, 0.1) is 5.92 Å². The molecule has 1 aromatic rings. The first-order valence-corrected chi connectivity index (χ1v) is 5.05. The second kappa shape index (κ2) is 4.80. The van der Waals surface area contributed by atoms with Crippen LogP contribution < -0.4 is 0 Å². The van der Waals surface area contributed by atoms with Gasteiger partial charge in [-0.05, 0) is 24.0 Å². The second-order valence-electron chi connectivity index (χ2n) is 3.62. The van der Waals surface area contributed by atoms with Gasteiger partial charge in [-0.25, -0.2) is 0 Å². The van der Waals surface area contributed by atoms with Gasteiger partial charge in [0.05, 0.1) is 11.9 Å². The average Bonchev–Trinajstić information content (AvgIpc) is 2.64. The SMILES string of the molecule is C=Cc1[nH]ncc1C(=C)C(C)CCC. The van der Waals surface area contributed by atoms with Gasteiger partial charge >= 0.3 is 0 Å². The maximum absolute atomic E-state index is 4.12. The van der Waals surface area contributed by atoms with Crippen LogP contribution in [-0.4, -0.2) is 10.2 Å². The van der Waals surface area contributed by atoms with E-state index in [0.717, 1.165) is 16.8 Å². The van der Waals surface area contributed by atoms with Crippen molar-refractivity contribution in [3.05, 3.63) is 30.6 Å². The van der Waals surface area contributed by atoms with Crippen LogP contribution in [-0.2, 0) is 0 Å². The van der Waals surface area contributed by atoms with Crippen molar-refractivity contribution in [1.29, 1.82) is 0 Å². The molecule has 76 valence electrons. The van der Waals surface area contributed by atoms with Gasteiger partial charge in [0.15, 0.2) is 0 Å². The van der Waals surface area contributed by atoms with Crippen molar-refractivity contribution in [3.63, 3.8) is 0 Å². The molecule has 0 bridgehead atoms. The third kappa shape index (κ3) is 2.13. The number of nitrogens with one attached hydrogen (secondary N) is 1. The monoisotopic (exact) mass is 190 g/mol. The minimum Gasteiger partial charge on any atom is -0.278 e. The fourth-order valence-corrected chi connectivity index (χ4v) is 1.58. The van der Waals surface area contributed by atoms with E-state index in [1.165, 1.54) is 12.8 Å². The van der Waals surface area contributed by atoms with Crippen molar-refractivity contribution in [2.75, 3.05) is 0 Å². The molecule has 0 amide bonds. The number of aromatic amines is 1. The third-order valence-corrected chi connectivity index (χ3v) is 2.54. The molecule has 2 nitrogen and oxygen atoms in total. The van der Waals surface area contributed by atoms with Gasteiger partial charge < -0.3 is 0 Å². The van der Waals surface area contributed by atoms with E-state index in [-0.39, 0.29) is 0 Å². The summed E-state index contributed by atoms with van der Waals surface area (Å²) in [6, 6.07) is 0. The Morgan fingerprint density at radius 3 is 3.00 bits per heavy atom. The maximum Gasteiger partial charge on any atom is 0.0647 e. The van der Waals surface area contributed by atoms with Crippen LogP contribution in [0.3, 0.4) is 0 Å². The summed E-state index contributed by atoms with van der Waals surface area (Å²) in [5, 5.41) is 6.90. The lowest BCUT2D eigenvalue weighted by molar-refractivity contribution is 0.651. The Hall–Kier alpha value is -1.31. The van der Waals surface area contributed by atoms with Crippen molar-refractivity contribution >= 4 is 11.6 Å². The lowest BCUT2D eigenvalue weighted by atomic mass is 9.92. The van der Waals surface area contributed by atoms with Gasteiger partial charge in [-0.3, -0.25) is 5.10 Å². The summed E-state index contributed by atoms with van der Waals surface area (Å²) in [6.45, 7) is 12.2. The van der Waals surface area contributed by atoms with Crippen LogP contribution in [0.25, 0.3) is 11.6 Å². The van der Waals surface area contributed by atoms with E-state index in [9.17, 15) is 0 Å². The molecule has 14 heavy (non-hydrogen) atoms. The van der Waals surface area contributed by atoms with E-state index in [1.54, 1.807) is 6.08 Å². The highest BCUT2D eigenvalue weighted by Crippen LogP contribution is 2.26. The molecule has 0 radical (unpaired) electrons. The Balaban J connectivity index is 2.83. The summed E-state index contributed by atoms with van der Waals surface area (Å²) in [5.41, 5.74) is 3.22. The zero-order valence-electron chi connectivity index (χ0n) is 9.01. The van der Waals surface area contributed by atoms with E-state index in [1.807, 2.05) is 6.20 Å². The van der Waals surface area contributed by atoms with Gasteiger partial charge in [-0.15, -0.1) is 0 Å². The Kier molecular flexibility index (Phi) is 3.69. The van der Waals surface area contributed by atoms with Crippen LogP contribution in [0.5, 0.6) is 0 Å². The lowest BCUT2D eigenvalue weighted by Gasteiger charge is -2.12. The molecule has 1 atom stereocenters. The topological polar surface area (TPSA) is 28.7 Å². The largest absolute Gasteiger partial charge is 0.278 e. The van der Waals surface area contributed by atoms with E-state index >= 15 is 0 Å². The average molecular weight is 190 g/mol. The van der Waals surface area contributed by atoms with Crippen LogP contribution in [0.2, 0.25) is 0 Å². The first-order valence-electron chi connectivity index (χ1n) is 5.05. The highest BCUT2D eigenvalue weighted by atomic mass is 15.1. The molecule has 0 aliphatic carbocycles. The quantitative estimate of drug-likeness (QED) is 0.756. The molecule has 0 aromatic carbocycles. The van der Waals surface area contributed by atoms with Gasteiger partial charge in [-0.2, -0.15) is 5.10 Å². The van der Waals surface area contributed by atoms with E-state index in [0.29, 0.717) is 5.92 Å². The molecule has 0 saturated heterocycles. The first-order chi connectivity index (χ1) is 6.70. The summed E-state index contributed by atoms with van der Waals surface area (Å²) in [5.74, 6) is 0.510. The number of nitrogens with zero attached hydrogens (tertiary/aromatic N) is 1. The van der Waals surface area contributed by atoms with Crippen molar-refractivity contribution in [2.24, 2.45) is 5.92 Å². The third-order valence-electron chi connectivity index (χ3n) is 2.54. The first kappa shape index (κ1) is 10.8. The predicted molar refractivity (Wildman–Crippen MR) is 61.8 cm³/mol. The molecule has 0 saturated carbocycles. The van der Waals surface area contributed by atoms with Gasteiger partial charge in [-0.1, -0.05) is 33.4 Å². The predicted octanol–water partition coefficient (Wildman–Crippen LogP) is 3.50. The number of allylic oxidation sites excluding steroid dienone is 1. The Morgan fingerprint density at radius 1 is 1.71 bits per heavy atom. The van der Waals surface area contributed by atoms with Crippen LogP contribution in [0.4, 0.5) is 0 Å². The summed E-state index contributed by atoms with van der Waals surface area (Å²) >= 11 is 0. The van der Waals surface area contributed by atoms with Crippen molar-refractivity contribution in [3.8, 4) is 0 Å². The molecule has 1 N–H and O–H groups in total. The zero-order valence-corrected chi connectivity index (χ0v) is 9.01. The highest BCUT2D eigenvalue weighted by molar-refractivity contribution is 5.71. The molecule has 0 aliphatic rings. The summed E-state index contributed by atoms with van der Waals surface area (Å²) in [7, 11) is 0. The lowest BCUT2D eigenvalue weighted by Crippen LogP contribution is -1.97. The maximum atomic E-state index is 4.12. The highest BCUT2D eigenvalue weighted by Gasteiger charge is 2.11. The second-order valence-corrected chi connectivity index (χ2v) is 3.62. The molecule has 1 heterocycles. The standard InChI is InChI=1S/C12H18N2/c1-5-7-9(3)10(4)11-8-13-14-12(11)6-2/h6,8-9H,2,4-5,7H2,1,3H3,(H,13,14). The molecule has 1 aromatic heterocycles. The van der Waals surface area contributed by atoms with Gasteiger partial charge in [0, 0.05) is 5.56 Å². The molecule has 1 rings (SSSR count). The molecule has 0 fully saturated rings. The fraction of sp³-hybridized carbons (Fsp3) is 0.417. The van der Waals surface area contributed by atoms with Crippen molar-refractivity contribution in [2.45, 2.75) is 26.7 Å². The fourth-order valence-electron chi connectivity index (χ4n) is 1.58. The molecule has 1 unspecified atom stereocenters. The Labute approximate surface area is 85.7 Å². The smallest absolute Gasteiger partial charge is 0.0647 e. The number of rotatable bonds is 5. The van der Waals surface area contributed by atoms with Crippen LogP contribution >= 0.6 is 0 Å². The van der Waals surface area contributed by atoms with Crippen molar-refractivity contribution in [1.82, 2.24) is 10.2 Å². The molecule has 0 spiro atoms. The van der Waals surface area contributed by atoms with Crippen LogP contribution in [0.1, 0.15) is 37.9 Å². The van der Waals surface area contributed by atoms with Crippen LogP contribution in [0.15, 0.2) is 19.4 Å². The molecule has 0 aliphatic heterocycles. The summed E-state index contributed by atoms with van der Waals surface area (Å²) in [6.07, 6.45) is 5.96. The van der Waals surface area contributed by atoms with E-state index in [4.69, 9.17) is 0 Å². The van der Waals surface area contributed by atoms with Gasteiger partial charge in [0.1, 0.15) is 0 Å². The van der Waals surface area contributed by atoms with E-state index < -0.39 is 0 Å². The molecular formula is C12H18N2. The van der Waals surface area contributed by atoms with E-state index in [2.05, 4.69) is 37.2 Å². The molecule has 2 heteroatoms. The Morgan fingerprint density at radius 2 is 2.43 bits per heavy atom. The minimum absolute atomic E-state index is 0.510. The summed E-state index contributed by atoms with van der Waals surface area (Å²) < 4.78 is 0. The number of hydrogen-bond acceptors (Lipinski definition) is 1. The Bertz CT molecular complexity index is 323. The zero-order chi connectivity index (χ0) is 10.6. The normalized spacial score (nSPS) is 12.4. The summed E-state index contributed by atoms with van der Waals surface area (Å²) in [4.78, 5) is 0. The van der Waals surface area contributed by atoms with Gasteiger partial charge in [0.2, 0.25) is 0 Å². The number of H-pyrrole nitrogens is 1. The molecular weight excluding hydrogens is 172 g/mol. The van der Waals surface area contributed by atoms with Gasteiger partial charge in [0.25, 0.3) is 0 Å². The number of aromatic nitrogens is 2.